The van der Waals surface area contributed by atoms with Crippen molar-refractivity contribution in [3.8, 4) is 0 Å². The topological polar surface area (TPSA) is 69.6 Å². The van der Waals surface area contributed by atoms with Crippen molar-refractivity contribution in [1.29, 1.82) is 0 Å². The fraction of sp³-hybridized carbons (Fsp3) is 0.385. The molecule has 2 amide bonds. The molecular formula is C13H16N2O3. The van der Waals surface area contributed by atoms with Gasteiger partial charge in [-0.05, 0) is 12.5 Å². The summed E-state index contributed by atoms with van der Waals surface area (Å²) >= 11 is 0. The second kappa shape index (κ2) is 5.08. The number of carbonyl (C=O) groups is 2. The standard InChI is InChI=1S/C13H16N2O3/c1-9-2-4-10(5-3-9)6-14-13(18)15-7-11(8-15)12(16)17/h2-5,11H,6-8H2,1H3,(H,14,18)(H,16,17). The Kier molecular flexibility index (Phi) is 3.50. The van der Waals surface area contributed by atoms with Crippen LogP contribution in [0.4, 0.5) is 4.79 Å². The van der Waals surface area contributed by atoms with Crippen LogP contribution >= 0.6 is 0 Å². The van der Waals surface area contributed by atoms with Crippen molar-refractivity contribution >= 4 is 12.0 Å². The molecule has 2 rings (SSSR count). The number of urea groups is 1. The van der Waals surface area contributed by atoms with Gasteiger partial charge in [-0.3, -0.25) is 4.79 Å². The number of hydrogen-bond donors (Lipinski definition) is 2. The van der Waals surface area contributed by atoms with E-state index in [-0.39, 0.29) is 6.03 Å². The van der Waals surface area contributed by atoms with Crippen LogP contribution in [0.25, 0.3) is 0 Å². The largest absolute Gasteiger partial charge is 0.481 e. The summed E-state index contributed by atoms with van der Waals surface area (Å²) in [5.74, 6) is -1.24. The zero-order chi connectivity index (χ0) is 13.1. The highest BCUT2D eigenvalue weighted by atomic mass is 16.4. The number of aliphatic carboxylic acids is 1. The minimum atomic E-state index is -0.836. The summed E-state index contributed by atoms with van der Waals surface area (Å²) in [6, 6.07) is 7.71. The Balaban J connectivity index is 1.76. The van der Waals surface area contributed by atoms with Crippen molar-refractivity contribution in [2.24, 2.45) is 5.92 Å². The van der Waals surface area contributed by atoms with Gasteiger partial charge < -0.3 is 15.3 Å². The van der Waals surface area contributed by atoms with E-state index in [2.05, 4.69) is 5.32 Å². The first-order chi connectivity index (χ1) is 8.56. The van der Waals surface area contributed by atoms with E-state index in [1.165, 1.54) is 10.5 Å². The molecular weight excluding hydrogens is 232 g/mol. The lowest BCUT2D eigenvalue weighted by Crippen LogP contribution is -2.56. The van der Waals surface area contributed by atoms with Gasteiger partial charge in [0.15, 0.2) is 0 Å². The van der Waals surface area contributed by atoms with E-state index < -0.39 is 11.9 Å². The van der Waals surface area contributed by atoms with E-state index in [0.717, 1.165) is 5.56 Å². The molecule has 1 fully saturated rings. The Hall–Kier alpha value is -2.04. The quantitative estimate of drug-likeness (QED) is 0.845. The fourth-order valence-corrected chi connectivity index (χ4v) is 1.80. The molecule has 0 saturated carbocycles. The molecule has 0 bridgehead atoms. The summed E-state index contributed by atoms with van der Waals surface area (Å²) in [6.07, 6.45) is 0. The number of likely N-dealkylation sites (tertiary alicyclic amines) is 1. The van der Waals surface area contributed by atoms with E-state index in [0.29, 0.717) is 19.6 Å². The van der Waals surface area contributed by atoms with Gasteiger partial charge in [0, 0.05) is 19.6 Å². The van der Waals surface area contributed by atoms with Gasteiger partial charge in [0.25, 0.3) is 0 Å². The van der Waals surface area contributed by atoms with Crippen molar-refractivity contribution in [2.45, 2.75) is 13.5 Å². The van der Waals surface area contributed by atoms with E-state index in [4.69, 9.17) is 5.11 Å². The molecule has 1 aliphatic rings. The number of benzene rings is 1. The second-order valence-corrected chi connectivity index (χ2v) is 4.58. The molecule has 2 N–H and O–H groups in total. The summed E-state index contributed by atoms with van der Waals surface area (Å²) in [6.45, 7) is 3.08. The molecule has 0 atom stereocenters. The Morgan fingerprint density at radius 3 is 2.50 bits per heavy atom. The minimum absolute atomic E-state index is 0.201. The molecule has 1 heterocycles. The lowest BCUT2D eigenvalue weighted by molar-refractivity contribution is -0.146. The van der Waals surface area contributed by atoms with Crippen LogP contribution in [-0.4, -0.2) is 35.1 Å². The summed E-state index contributed by atoms with van der Waals surface area (Å²) in [7, 11) is 0. The predicted octanol–water partition coefficient (Wildman–Crippen LogP) is 1.22. The van der Waals surface area contributed by atoms with Crippen LogP contribution in [0.5, 0.6) is 0 Å². The zero-order valence-electron chi connectivity index (χ0n) is 10.2. The van der Waals surface area contributed by atoms with Crippen molar-refractivity contribution in [2.75, 3.05) is 13.1 Å². The lowest BCUT2D eigenvalue weighted by Gasteiger charge is -2.36. The van der Waals surface area contributed by atoms with Gasteiger partial charge in [0.05, 0.1) is 5.92 Å². The monoisotopic (exact) mass is 248 g/mol. The first-order valence-corrected chi connectivity index (χ1v) is 5.87. The van der Waals surface area contributed by atoms with Crippen LogP contribution in [0.1, 0.15) is 11.1 Å². The third-order valence-electron chi connectivity index (χ3n) is 3.08. The first kappa shape index (κ1) is 12.4. The maximum atomic E-state index is 11.7. The van der Waals surface area contributed by atoms with Crippen LogP contribution < -0.4 is 5.32 Å². The number of amides is 2. The van der Waals surface area contributed by atoms with Crippen molar-refractivity contribution in [3.63, 3.8) is 0 Å². The third kappa shape index (κ3) is 2.80. The second-order valence-electron chi connectivity index (χ2n) is 4.58. The average Bonchev–Trinajstić information content (AvgIpc) is 2.25. The first-order valence-electron chi connectivity index (χ1n) is 5.87. The molecule has 96 valence electrons. The van der Waals surface area contributed by atoms with Gasteiger partial charge in [-0.2, -0.15) is 0 Å². The number of nitrogens with one attached hydrogen (secondary N) is 1. The van der Waals surface area contributed by atoms with E-state index >= 15 is 0 Å². The van der Waals surface area contributed by atoms with E-state index in [9.17, 15) is 9.59 Å². The SMILES string of the molecule is Cc1ccc(CNC(=O)N2CC(C(=O)O)C2)cc1. The maximum Gasteiger partial charge on any atom is 0.317 e. The molecule has 0 unspecified atom stereocenters. The van der Waals surface area contributed by atoms with E-state index in [1.54, 1.807) is 0 Å². The Morgan fingerprint density at radius 2 is 1.94 bits per heavy atom. The zero-order valence-corrected chi connectivity index (χ0v) is 10.2. The van der Waals surface area contributed by atoms with Crippen molar-refractivity contribution in [3.05, 3.63) is 35.4 Å². The van der Waals surface area contributed by atoms with Gasteiger partial charge in [0.2, 0.25) is 0 Å². The summed E-state index contributed by atoms with van der Waals surface area (Å²) in [5.41, 5.74) is 2.21. The highest BCUT2D eigenvalue weighted by Gasteiger charge is 2.35. The van der Waals surface area contributed by atoms with Crippen LogP contribution in [-0.2, 0) is 11.3 Å². The number of aryl methyl sites for hydroxylation is 1. The number of rotatable bonds is 3. The van der Waals surface area contributed by atoms with Crippen molar-refractivity contribution in [1.82, 2.24) is 10.2 Å². The normalized spacial score (nSPS) is 15.1. The molecule has 1 aliphatic heterocycles. The summed E-state index contributed by atoms with van der Waals surface area (Å²) in [4.78, 5) is 23.8. The average molecular weight is 248 g/mol. The van der Waals surface area contributed by atoms with Crippen LogP contribution in [0, 0.1) is 12.8 Å². The summed E-state index contributed by atoms with van der Waals surface area (Å²) < 4.78 is 0. The smallest absolute Gasteiger partial charge is 0.317 e. The number of carbonyl (C=O) groups excluding carboxylic acids is 1. The highest BCUT2D eigenvalue weighted by molar-refractivity contribution is 5.79. The summed E-state index contributed by atoms with van der Waals surface area (Å²) in [5, 5.41) is 11.5. The Morgan fingerprint density at radius 1 is 1.33 bits per heavy atom. The minimum Gasteiger partial charge on any atom is -0.481 e. The maximum absolute atomic E-state index is 11.7. The highest BCUT2D eigenvalue weighted by Crippen LogP contribution is 2.15. The van der Waals surface area contributed by atoms with E-state index in [1.807, 2.05) is 31.2 Å². The van der Waals surface area contributed by atoms with Crippen molar-refractivity contribution < 1.29 is 14.7 Å². The molecule has 5 nitrogen and oxygen atoms in total. The number of carboxylic acids is 1. The molecule has 0 aromatic heterocycles. The number of nitrogens with zero attached hydrogens (tertiary/aromatic N) is 1. The number of hydrogen-bond acceptors (Lipinski definition) is 2. The molecule has 1 aromatic carbocycles. The molecule has 5 heteroatoms. The molecule has 1 saturated heterocycles. The van der Waals surface area contributed by atoms with Gasteiger partial charge in [0.1, 0.15) is 0 Å². The molecule has 0 aliphatic carbocycles. The third-order valence-corrected chi connectivity index (χ3v) is 3.08. The Labute approximate surface area is 105 Å². The number of carboxylic acid groups (broad SMARTS) is 1. The van der Waals surface area contributed by atoms with Gasteiger partial charge in [-0.1, -0.05) is 29.8 Å². The van der Waals surface area contributed by atoms with Gasteiger partial charge in [-0.25, -0.2) is 4.79 Å². The molecule has 0 radical (unpaired) electrons. The predicted molar refractivity (Wildman–Crippen MR) is 66.1 cm³/mol. The van der Waals surface area contributed by atoms with Crippen LogP contribution in [0.15, 0.2) is 24.3 Å². The Bertz CT molecular complexity index is 450. The van der Waals surface area contributed by atoms with Gasteiger partial charge >= 0.3 is 12.0 Å². The molecule has 0 spiro atoms. The van der Waals surface area contributed by atoms with Crippen LogP contribution in [0.2, 0.25) is 0 Å². The fourth-order valence-electron chi connectivity index (χ4n) is 1.80. The van der Waals surface area contributed by atoms with Gasteiger partial charge in [-0.15, -0.1) is 0 Å². The lowest BCUT2D eigenvalue weighted by atomic mass is 10.0. The molecule has 18 heavy (non-hydrogen) atoms. The molecule has 1 aromatic rings. The van der Waals surface area contributed by atoms with Crippen LogP contribution in [0.3, 0.4) is 0 Å².